The van der Waals surface area contributed by atoms with Gasteiger partial charge in [0.1, 0.15) is 0 Å². The highest BCUT2D eigenvalue weighted by Crippen LogP contribution is 2.25. The molecule has 0 unspecified atom stereocenters. The number of carbonyl (C=O) groups excluding carboxylic acids is 2. The summed E-state index contributed by atoms with van der Waals surface area (Å²) in [5.74, 6) is 0.208. The number of nitrogens with zero attached hydrogens (tertiary/aromatic N) is 2. The van der Waals surface area contributed by atoms with Crippen LogP contribution in [0.15, 0.2) is 28.6 Å². The maximum atomic E-state index is 11.9. The number of hydrogen-bond acceptors (Lipinski definition) is 6. The van der Waals surface area contributed by atoms with Gasteiger partial charge in [-0.15, -0.1) is 10.2 Å². The monoisotopic (exact) mass is 365 g/mol. The molecule has 128 valence electrons. The molecule has 3 N–H and O–H groups in total. The lowest BCUT2D eigenvalue weighted by molar-refractivity contribution is -0.119. The van der Waals surface area contributed by atoms with E-state index in [1.807, 2.05) is 45.0 Å². The molecule has 2 rings (SSSR count). The Kier molecular flexibility index (Phi) is 6.56. The average molecular weight is 365 g/mol. The van der Waals surface area contributed by atoms with Crippen molar-refractivity contribution in [1.29, 1.82) is 0 Å². The van der Waals surface area contributed by atoms with Crippen molar-refractivity contribution in [2.45, 2.75) is 31.2 Å². The molecule has 0 spiro atoms. The van der Waals surface area contributed by atoms with Gasteiger partial charge in [-0.1, -0.05) is 40.8 Å². The average Bonchev–Trinajstić information content (AvgIpc) is 2.94. The number of amides is 3. The third-order valence-electron chi connectivity index (χ3n) is 2.71. The molecule has 7 nitrogen and oxygen atoms in total. The Morgan fingerprint density at radius 2 is 1.88 bits per heavy atom. The number of anilines is 2. The maximum absolute atomic E-state index is 11.9. The second kappa shape index (κ2) is 8.65. The van der Waals surface area contributed by atoms with E-state index in [9.17, 15) is 9.59 Å². The second-order valence-electron chi connectivity index (χ2n) is 5.33. The Morgan fingerprint density at radius 3 is 2.54 bits per heavy atom. The molecule has 1 heterocycles. The predicted octanol–water partition coefficient (Wildman–Crippen LogP) is 3.11. The highest BCUT2D eigenvalue weighted by atomic mass is 32.2. The molecule has 0 aliphatic carbocycles. The zero-order chi connectivity index (χ0) is 17.5. The van der Waals surface area contributed by atoms with Gasteiger partial charge in [0.25, 0.3) is 0 Å². The first kappa shape index (κ1) is 18.2. The van der Waals surface area contributed by atoms with Crippen molar-refractivity contribution < 1.29 is 9.59 Å². The largest absolute Gasteiger partial charge is 0.353 e. The number of carbonyl (C=O) groups is 2. The zero-order valence-corrected chi connectivity index (χ0v) is 15.3. The summed E-state index contributed by atoms with van der Waals surface area (Å²) >= 11 is 2.51. The van der Waals surface area contributed by atoms with Crippen molar-refractivity contribution in [3.63, 3.8) is 0 Å². The lowest BCUT2D eigenvalue weighted by Gasteiger charge is -2.06. The van der Waals surface area contributed by atoms with Crippen LogP contribution in [0, 0.1) is 6.92 Å². The Labute approximate surface area is 148 Å². The summed E-state index contributed by atoms with van der Waals surface area (Å²) in [6, 6.07) is 7.20. The molecule has 0 fully saturated rings. The van der Waals surface area contributed by atoms with Crippen LogP contribution in [0.4, 0.5) is 15.6 Å². The minimum Gasteiger partial charge on any atom is -0.353 e. The molecular weight excluding hydrogens is 346 g/mol. The van der Waals surface area contributed by atoms with E-state index in [1.165, 1.54) is 23.1 Å². The van der Waals surface area contributed by atoms with E-state index in [2.05, 4.69) is 26.1 Å². The number of hydrogen-bond donors (Lipinski definition) is 3. The number of aromatic nitrogens is 2. The Balaban J connectivity index is 1.81. The fourth-order valence-corrected chi connectivity index (χ4v) is 3.26. The smallest absolute Gasteiger partial charge is 0.325 e. The van der Waals surface area contributed by atoms with E-state index in [0.29, 0.717) is 15.2 Å². The molecule has 0 radical (unpaired) electrons. The first-order chi connectivity index (χ1) is 11.4. The van der Waals surface area contributed by atoms with Crippen LogP contribution in [0.5, 0.6) is 0 Å². The van der Waals surface area contributed by atoms with Gasteiger partial charge in [-0.2, -0.15) is 0 Å². The molecular formula is C15H19N5O2S2. The summed E-state index contributed by atoms with van der Waals surface area (Å²) in [7, 11) is 0. The van der Waals surface area contributed by atoms with Crippen molar-refractivity contribution in [1.82, 2.24) is 15.5 Å². The normalized spacial score (nSPS) is 10.5. The van der Waals surface area contributed by atoms with Gasteiger partial charge in [0, 0.05) is 11.7 Å². The molecule has 3 amide bonds. The predicted molar refractivity (Wildman–Crippen MR) is 97.7 cm³/mol. The molecule has 2 aromatic rings. The van der Waals surface area contributed by atoms with Gasteiger partial charge in [-0.25, -0.2) is 4.79 Å². The van der Waals surface area contributed by atoms with Crippen LogP contribution < -0.4 is 16.0 Å². The van der Waals surface area contributed by atoms with Crippen molar-refractivity contribution in [3.05, 3.63) is 29.8 Å². The number of thioether (sulfide) groups is 1. The Hall–Kier alpha value is -2.13. The number of benzene rings is 1. The molecule has 1 aromatic heterocycles. The fourth-order valence-electron chi connectivity index (χ4n) is 1.71. The van der Waals surface area contributed by atoms with Crippen molar-refractivity contribution >= 4 is 45.9 Å². The fraction of sp³-hybridized carbons (Fsp3) is 0.333. The molecule has 0 saturated heterocycles. The topological polar surface area (TPSA) is 96.0 Å². The Bertz CT molecular complexity index is 700. The molecule has 1 aromatic carbocycles. The van der Waals surface area contributed by atoms with Gasteiger partial charge in [0.05, 0.1) is 5.75 Å². The second-order valence-corrected chi connectivity index (χ2v) is 7.53. The minimum absolute atomic E-state index is 0.0585. The highest BCUT2D eigenvalue weighted by molar-refractivity contribution is 8.01. The van der Waals surface area contributed by atoms with Crippen molar-refractivity contribution in [2.75, 3.05) is 16.4 Å². The van der Waals surface area contributed by atoms with Gasteiger partial charge in [0.15, 0.2) is 4.34 Å². The van der Waals surface area contributed by atoms with Gasteiger partial charge in [0.2, 0.25) is 11.0 Å². The summed E-state index contributed by atoms with van der Waals surface area (Å²) in [4.78, 5) is 23.5. The molecule has 0 atom stereocenters. The summed E-state index contributed by atoms with van der Waals surface area (Å²) in [6.07, 6.45) is 0. The van der Waals surface area contributed by atoms with Gasteiger partial charge < -0.3 is 10.6 Å². The first-order valence-electron chi connectivity index (χ1n) is 7.32. The number of rotatable bonds is 6. The zero-order valence-electron chi connectivity index (χ0n) is 13.6. The van der Waals surface area contributed by atoms with E-state index in [-0.39, 0.29) is 23.7 Å². The third-order valence-corrected chi connectivity index (χ3v) is 4.68. The SMILES string of the molecule is Cc1ccc(NC(=O)Nc2nnc(SCC(=O)NC(C)C)s2)cc1. The van der Waals surface area contributed by atoms with Crippen LogP contribution in [0.3, 0.4) is 0 Å². The van der Waals surface area contributed by atoms with Crippen LogP contribution >= 0.6 is 23.1 Å². The third kappa shape index (κ3) is 6.17. The van der Waals surface area contributed by atoms with Crippen LogP contribution in [-0.4, -0.2) is 33.9 Å². The van der Waals surface area contributed by atoms with Crippen LogP contribution in [0.25, 0.3) is 0 Å². The number of aryl methyl sites for hydroxylation is 1. The summed E-state index contributed by atoms with van der Waals surface area (Å²) in [6.45, 7) is 5.79. The Morgan fingerprint density at radius 1 is 1.17 bits per heavy atom. The van der Waals surface area contributed by atoms with Crippen molar-refractivity contribution in [2.24, 2.45) is 0 Å². The number of urea groups is 1. The van der Waals surface area contributed by atoms with Crippen LogP contribution in [-0.2, 0) is 4.79 Å². The van der Waals surface area contributed by atoms with Gasteiger partial charge in [-0.05, 0) is 32.9 Å². The lowest BCUT2D eigenvalue weighted by Crippen LogP contribution is -2.31. The molecule has 9 heteroatoms. The molecule has 0 saturated carbocycles. The minimum atomic E-state index is -0.385. The lowest BCUT2D eigenvalue weighted by atomic mass is 10.2. The van der Waals surface area contributed by atoms with Gasteiger partial charge >= 0.3 is 6.03 Å². The molecule has 0 aliphatic heterocycles. The standard InChI is InChI=1S/C15H19N5O2S2/c1-9(2)16-12(21)8-23-15-20-19-14(24-15)18-13(22)17-11-6-4-10(3)5-7-11/h4-7,9H,8H2,1-3H3,(H,16,21)(H2,17,18,19,22). The maximum Gasteiger partial charge on any atom is 0.325 e. The van der Waals surface area contributed by atoms with E-state index in [1.54, 1.807) is 0 Å². The molecule has 0 bridgehead atoms. The molecule has 0 aliphatic rings. The van der Waals surface area contributed by atoms with E-state index in [0.717, 1.165) is 5.56 Å². The van der Waals surface area contributed by atoms with E-state index >= 15 is 0 Å². The first-order valence-corrected chi connectivity index (χ1v) is 9.13. The quantitative estimate of drug-likeness (QED) is 0.540. The van der Waals surface area contributed by atoms with E-state index in [4.69, 9.17) is 0 Å². The summed E-state index contributed by atoms with van der Waals surface area (Å²) in [5.41, 5.74) is 1.82. The van der Waals surface area contributed by atoms with E-state index < -0.39 is 0 Å². The highest BCUT2D eigenvalue weighted by Gasteiger charge is 2.11. The van der Waals surface area contributed by atoms with Gasteiger partial charge in [-0.3, -0.25) is 10.1 Å². The van der Waals surface area contributed by atoms with Crippen LogP contribution in [0.1, 0.15) is 19.4 Å². The number of nitrogens with one attached hydrogen (secondary N) is 3. The van der Waals surface area contributed by atoms with Crippen LogP contribution in [0.2, 0.25) is 0 Å². The van der Waals surface area contributed by atoms with Crippen molar-refractivity contribution in [3.8, 4) is 0 Å². The summed E-state index contributed by atoms with van der Waals surface area (Å²) < 4.78 is 0.625. The molecule has 24 heavy (non-hydrogen) atoms. The summed E-state index contributed by atoms with van der Waals surface area (Å²) in [5, 5.41) is 16.4.